The van der Waals surface area contributed by atoms with Gasteiger partial charge in [-0.2, -0.15) is 0 Å². The number of rotatable bonds is 7. The van der Waals surface area contributed by atoms with Gasteiger partial charge in [-0.1, -0.05) is 54.6 Å². The van der Waals surface area contributed by atoms with Gasteiger partial charge in [0, 0.05) is 45.8 Å². The van der Waals surface area contributed by atoms with Crippen molar-refractivity contribution in [2.75, 3.05) is 46.8 Å². The van der Waals surface area contributed by atoms with E-state index in [0.29, 0.717) is 6.54 Å². The van der Waals surface area contributed by atoms with E-state index < -0.39 is 0 Å². The maximum Gasteiger partial charge on any atom is 0.317 e. The molecule has 1 N–H and O–H groups in total. The first-order chi connectivity index (χ1) is 13.6. The Morgan fingerprint density at radius 2 is 1.54 bits per heavy atom. The van der Waals surface area contributed by atoms with Crippen molar-refractivity contribution < 1.29 is 4.79 Å². The number of benzene rings is 2. The number of hydrogen-bond donors (Lipinski definition) is 1. The van der Waals surface area contributed by atoms with Gasteiger partial charge in [0.1, 0.15) is 0 Å². The summed E-state index contributed by atoms with van der Waals surface area (Å²) in [5, 5.41) is 3.06. The molecule has 0 atom stereocenters. The molecule has 0 radical (unpaired) electrons. The van der Waals surface area contributed by atoms with Crippen LogP contribution in [0.5, 0.6) is 0 Å². The summed E-state index contributed by atoms with van der Waals surface area (Å²) < 4.78 is 0. The second-order valence-corrected chi connectivity index (χ2v) is 7.78. The SMILES string of the molecule is CN(C)Cc1ccc(CNC(=O)N2CCN(CCc3ccccc3)CC2)cc1. The molecule has 1 fully saturated rings. The summed E-state index contributed by atoms with van der Waals surface area (Å²) in [4.78, 5) is 19.0. The number of carbonyl (C=O) groups excluding carboxylic acids is 1. The van der Waals surface area contributed by atoms with Gasteiger partial charge < -0.3 is 15.1 Å². The highest BCUT2D eigenvalue weighted by Crippen LogP contribution is 2.08. The molecule has 0 aliphatic carbocycles. The third-order valence-corrected chi connectivity index (χ3v) is 5.18. The molecule has 0 aromatic heterocycles. The van der Waals surface area contributed by atoms with Crippen LogP contribution < -0.4 is 5.32 Å². The molecule has 1 aliphatic rings. The topological polar surface area (TPSA) is 38.8 Å². The van der Waals surface area contributed by atoms with E-state index in [1.54, 1.807) is 0 Å². The lowest BCUT2D eigenvalue weighted by Gasteiger charge is -2.34. The van der Waals surface area contributed by atoms with E-state index in [-0.39, 0.29) is 6.03 Å². The second-order valence-electron chi connectivity index (χ2n) is 7.78. The smallest absolute Gasteiger partial charge is 0.317 e. The maximum absolute atomic E-state index is 12.5. The van der Waals surface area contributed by atoms with E-state index in [1.165, 1.54) is 11.1 Å². The first-order valence-electron chi connectivity index (χ1n) is 10.1. The fraction of sp³-hybridized carbons (Fsp3) is 0.435. The monoisotopic (exact) mass is 380 g/mol. The number of nitrogens with one attached hydrogen (secondary N) is 1. The lowest BCUT2D eigenvalue weighted by atomic mass is 10.1. The van der Waals surface area contributed by atoms with Crippen molar-refractivity contribution in [1.29, 1.82) is 0 Å². The van der Waals surface area contributed by atoms with E-state index in [1.807, 2.05) is 4.90 Å². The van der Waals surface area contributed by atoms with Gasteiger partial charge in [0.05, 0.1) is 0 Å². The number of hydrogen-bond acceptors (Lipinski definition) is 3. The molecule has 0 bridgehead atoms. The Bertz CT molecular complexity index is 722. The fourth-order valence-electron chi connectivity index (χ4n) is 3.52. The van der Waals surface area contributed by atoms with E-state index in [4.69, 9.17) is 0 Å². The summed E-state index contributed by atoms with van der Waals surface area (Å²) in [5.41, 5.74) is 3.79. The molecule has 1 saturated heterocycles. The third kappa shape index (κ3) is 6.36. The first-order valence-corrected chi connectivity index (χ1v) is 10.1. The summed E-state index contributed by atoms with van der Waals surface area (Å²) >= 11 is 0. The molecule has 28 heavy (non-hydrogen) atoms. The Kier molecular flexibility index (Phi) is 7.46. The minimum atomic E-state index is 0.0417. The predicted molar refractivity (Wildman–Crippen MR) is 114 cm³/mol. The number of urea groups is 1. The molecule has 2 aromatic carbocycles. The van der Waals surface area contributed by atoms with Gasteiger partial charge in [-0.25, -0.2) is 4.79 Å². The largest absolute Gasteiger partial charge is 0.334 e. The Morgan fingerprint density at radius 3 is 2.18 bits per heavy atom. The third-order valence-electron chi connectivity index (χ3n) is 5.18. The minimum Gasteiger partial charge on any atom is -0.334 e. The van der Waals surface area contributed by atoms with Crippen LogP contribution in [0.3, 0.4) is 0 Å². The van der Waals surface area contributed by atoms with Gasteiger partial charge in [-0.15, -0.1) is 0 Å². The normalized spacial score (nSPS) is 15.0. The van der Waals surface area contributed by atoms with Crippen LogP contribution in [-0.2, 0) is 19.5 Å². The number of carbonyl (C=O) groups is 1. The molecule has 5 nitrogen and oxygen atoms in total. The molecule has 2 amide bonds. The Hall–Kier alpha value is -2.37. The minimum absolute atomic E-state index is 0.0417. The Labute approximate surface area is 168 Å². The molecule has 150 valence electrons. The number of amides is 2. The van der Waals surface area contributed by atoms with Crippen molar-refractivity contribution in [3.63, 3.8) is 0 Å². The van der Waals surface area contributed by atoms with Gasteiger partial charge >= 0.3 is 6.03 Å². The van der Waals surface area contributed by atoms with Crippen LogP contribution in [0.2, 0.25) is 0 Å². The van der Waals surface area contributed by atoms with Gasteiger partial charge in [-0.3, -0.25) is 4.90 Å². The predicted octanol–water partition coefficient (Wildman–Crippen LogP) is 2.82. The van der Waals surface area contributed by atoms with Crippen molar-refractivity contribution in [1.82, 2.24) is 20.0 Å². The summed E-state index contributed by atoms with van der Waals surface area (Å²) in [7, 11) is 4.13. The molecule has 1 heterocycles. The van der Waals surface area contributed by atoms with Crippen molar-refractivity contribution >= 4 is 6.03 Å². The van der Waals surface area contributed by atoms with Crippen LogP contribution in [0.25, 0.3) is 0 Å². The van der Waals surface area contributed by atoms with Crippen LogP contribution in [0.15, 0.2) is 54.6 Å². The van der Waals surface area contributed by atoms with E-state index >= 15 is 0 Å². The summed E-state index contributed by atoms with van der Waals surface area (Å²) in [5.74, 6) is 0. The van der Waals surface area contributed by atoms with Crippen molar-refractivity contribution in [2.24, 2.45) is 0 Å². The van der Waals surface area contributed by atoms with Crippen LogP contribution in [-0.4, -0.2) is 67.5 Å². The molecule has 1 aliphatic heterocycles. The van der Waals surface area contributed by atoms with Crippen LogP contribution in [0, 0.1) is 0 Å². The molecular weight excluding hydrogens is 348 g/mol. The van der Waals surface area contributed by atoms with Crippen molar-refractivity contribution in [2.45, 2.75) is 19.5 Å². The number of piperazine rings is 1. The van der Waals surface area contributed by atoms with Crippen LogP contribution >= 0.6 is 0 Å². The zero-order chi connectivity index (χ0) is 19.8. The molecule has 0 spiro atoms. The quantitative estimate of drug-likeness (QED) is 0.803. The van der Waals surface area contributed by atoms with Gasteiger partial charge in [0.15, 0.2) is 0 Å². The Morgan fingerprint density at radius 1 is 0.893 bits per heavy atom. The molecule has 3 rings (SSSR count). The summed E-state index contributed by atoms with van der Waals surface area (Å²) in [6, 6.07) is 19.1. The zero-order valence-corrected chi connectivity index (χ0v) is 17.1. The van der Waals surface area contributed by atoms with E-state index in [9.17, 15) is 4.79 Å². The highest BCUT2D eigenvalue weighted by Gasteiger charge is 2.20. The average Bonchev–Trinajstić information content (AvgIpc) is 2.72. The van der Waals surface area contributed by atoms with Gasteiger partial charge in [0.2, 0.25) is 0 Å². The highest BCUT2D eigenvalue weighted by molar-refractivity contribution is 5.74. The van der Waals surface area contributed by atoms with Crippen LogP contribution in [0.1, 0.15) is 16.7 Å². The van der Waals surface area contributed by atoms with Crippen molar-refractivity contribution in [3.8, 4) is 0 Å². The van der Waals surface area contributed by atoms with Crippen molar-refractivity contribution in [3.05, 3.63) is 71.3 Å². The fourth-order valence-corrected chi connectivity index (χ4v) is 3.52. The van der Waals surface area contributed by atoms with Gasteiger partial charge in [0.25, 0.3) is 0 Å². The van der Waals surface area contributed by atoms with E-state index in [2.05, 4.69) is 83.8 Å². The van der Waals surface area contributed by atoms with Gasteiger partial charge in [-0.05, 0) is 37.2 Å². The number of nitrogens with zero attached hydrogens (tertiary/aromatic N) is 3. The lowest BCUT2D eigenvalue weighted by molar-refractivity contribution is 0.140. The van der Waals surface area contributed by atoms with Crippen LogP contribution in [0.4, 0.5) is 4.79 Å². The molecule has 5 heteroatoms. The molecular formula is C23H32N4O. The standard InChI is InChI=1S/C23H32N4O/c1-25(2)19-22-10-8-21(9-11-22)18-24-23(28)27-16-14-26(15-17-27)13-12-20-6-4-3-5-7-20/h3-11H,12-19H2,1-2H3,(H,24,28). The van der Waals surface area contributed by atoms with E-state index in [0.717, 1.165) is 51.3 Å². The molecule has 0 saturated carbocycles. The Balaban J connectivity index is 1.36. The lowest BCUT2D eigenvalue weighted by Crippen LogP contribution is -2.51. The molecule has 0 unspecified atom stereocenters. The zero-order valence-electron chi connectivity index (χ0n) is 17.1. The average molecular weight is 381 g/mol. The second kappa shape index (κ2) is 10.2. The summed E-state index contributed by atoms with van der Waals surface area (Å²) in [6.07, 6.45) is 1.07. The maximum atomic E-state index is 12.5. The summed E-state index contributed by atoms with van der Waals surface area (Å²) in [6.45, 7) is 6.04. The highest BCUT2D eigenvalue weighted by atomic mass is 16.2. The molecule has 2 aromatic rings. The first kappa shape index (κ1) is 20.4.